The zero-order chi connectivity index (χ0) is 13.0. The lowest BCUT2D eigenvalue weighted by molar-refractivity contribution is 0.379. The number of hydrogen-bond acceptors (Lipinski definition) is 3. The molecule has 0 bridgehead atoms. The summed E-state index contributed by atoms with van der Waals surface area (Å²) in [5, 5.41) is 0. The molecule has 1 aromatic carbocycles. The van der Waals surface area contributed by atoms with Crippen molar-refractivity contribution >= 4 is 0 Å². The average Bonchev–Trinajstić information content (AvgIpc) is 2.27. The summed E-state index contributed by atoms with van der Waals surface area (Å²) in [6, 6.07) is 3.96. The number of rotatable bonds is 5. The van der Waals surface area contributed by atoms with E-state index in [0.29, 0.717) is 5.92 Å². The van der Waals surface area contributed by atoms with Crippen LogP contribution in [-0.2, 0) is 0 Å². The van der Waals surface area contributed by atoms with Gasteiger partial charge in [0, 0.05) is 17.2 Å². The highest BCUT2D eigenvalue weighted by Gasteiger charge is 2.17. The van der Waals surface area contributed by atoms with Gasteiger partial charge < -0.3 is 15.2 Å². The molecule has 3 nitrogen and oxygen atoms in total. The molecule has 96 valence electrons. The van der Waals surface area contributed by atoms with Crippen molar-refractivity contribution in [2.24, 2.45) is 11.7 Å². The Morgan fingerprint density at radius 3 is 2.29 bits per heavy atom. The Hall–Kier alpha value is -1.22. The number of ether oxygens (including phenoxy) is 2. The van der Waals surface area contributed by atoms with E-state index in [2.05, 4.69) is 13.8 Å². The maximum absolute atomic E-state index is 6.21. The van der Waals surface area contributed by atoms with Crippen LogP contribution in [0.4, 0.5) is 0 Å². The van der Waals surface area contributed by atoms with E-state index in [-0.39, 0.29) is 6.04 Å². The highest BCUT2D eigenvalue weighted by molar-refractivity contribution is 5.50. The first kappa shape index (κ1) is 13.8. The van der Waals surface area contributed by atoms with Crippen molar-refractivity contribution in [3.8, 4) is 11.5 Å². The molecule has 1 atom stereocenters. The first-order chi connectivity index (χ1) is 8.01. The predicted octanol–water partition coefficient (Wildman–Crippen LogP) is 3.06. The quantitative estimate of drug-likeness (QED) is 0.856. The zero-order valence-electron chi connectivity index (χ0n) is 11.4. The van der Waals surface area contributed by atoms with Crippen molar-refractivity contribution in [2.75, 3.05) is 14.2 Å². The molecule has 0 fully saturated rings. The van der Waals surface area contributed by atoms with Crippen molar-refractivity contribution in [2.45, 2.75) is 33.2 Å². The van der Waals surface area contributed by atoms with Crippen molar-refractivity contribution in [3.05, 3.63) is 23.3 Å². The Morgan fingerprint density at radius 1 is 1.18 bits per heavy atom. The van der Waals surface area contributed by atoms with E-state index in [9.17, 15) is 0 Å². The Balaban J connectivity index is 3.11. The number of methoxy groups -OCH3 is 2. The third-order valence-corrected chi connectivity index (χ3v) is 2.94. The molecule has 0 saturated heterocycles. The fraction of sp³-hybridized carbons (Fsp3) is 0.571. The van der Waals surface area contributed by atoms with Gasteiger partial charge in [-0.25, -0.2) is 0 Å². The lowest BCUT2D eigenvalue weighted by Gasteiger charge is -2.20. The van der Waals surface area contributed by atoms with Gasteiger partial charge in [-0.05, 0) is 25.3 Å². The van der Waals surface area contributed by atoms with Gasteiger partial charge in [-0.3, -0.25) is 0 Å². The van der Waals surface area contributed by atoms with E-state index in [4.69, 9.17) is 15.2 Å². The van der Waals surface area contributed by atoms with Gasteiger partial charge in [-0.15, -0.1) is 0 Å². The van der Waals surface area contributed by atoms with E-state index in [1.165, 1.54) is 0 Å². The third-order valence-electron chi connectivity index (χ3n) is 2.94. The standard InChI is InChI=1S/C14H23NO2/c1-9(2)8-12(15)11-6-7-13(16-4)10(3)14(11)17-5/h6-7,9,12H,8,15H2,1-5H3. The molecule has 0 aliphatic carbocycles. The molecule has 2 N–H and O–H groups in total. The molecule has 0 saturated carbocycles. The second-order valence-electron chi connectivity index (χ2n) is 4.75. The van der Waals surface area contributed by atoms with Crippen LogP contribution in [0.15, 0.2) is 12.1 Å². The second-order valence-corrected chi connectivity index (χ2v) is 4.75. The van der Waals surface area contributed by atoms with Crippen molar-refractivity contribution in [3.63, 3.8) is 0 Å². The van der Waals surface area contributed by atoms with Crippen molar-refractivity contribution in [1.82, 2.24) is 0 Å². The van der Waals surface area contributed by atoms with Gasteiger partial charge in [0.2, 0.25) is 0 Å². The van der Waals surface area contributed by atoms with Gasteiger partial charge in [-0.1, -0.05) is 19.9 Å². The average molecular weight is 237 g/mol. The predicted molar refractivity (Wildman–Crippen MR) is 70.7 cm³/mol. The molecule has 1 aromatic rings. The highest BCUT2D eigenvalue weighted by atomic mass is 16.5. The van der Waals surface area contributed by atoms with E-state index >= 15 is 0 Å². The van der Waals surface area contributed by atoms with Gasteiger partial charge in [-0.2, -0.15) is 0 Å². The van der Waals surface area contributed by atoms with Gasteiger partial charge in [0.05, 0.1) is 14.2 Å². The maximum atomic E-state index is 6.21. The summed E-state index contributed by atoms with van der Waals surface area (Å²) in [6.45, 7) is 6.33. The molecule has 0 heterocycles. The van der Waals surface area contributed by atoms with Gasteiger partial charge >= 0.3 is 0 Å². The summed E-state index contributed by atoms with van der Waals surface area (Å²) in [6.07, 6.45) is 0.947. The maximum Gasteiger partial charge on any atom is 0.130 e. The van der Waals surface area contributed by atoms with E-state index in [1.54, 1.807) is 14.2 Å². The van der Waals surface area contributed by atoms with Crippen LogP contribution in [0.2, 0.25) is 0 Å². The Kier molecular flexibility index (Phi) is 4.82. The topological polar surface area (TPSA) is 44.5 Å². The summed E-state index contributed by atoms with van der Waals surface area (Å²) in [5.41, 5.74) is 8.27. The molecule has 0 aliphatic heterocycles. The molecule has 0 amide bonds. The van der Waals surface area contributed by atoms with E-state index < -0.39 is 0 Å². The minimum Gasteiger partial charge on any atom is -0.496 e. The summed E-state index contributed by atoms with van der Waals surface area (Å²) in [5.74, 6) is 2.25. The van der Waals surface area contributed by atoms with Crippen LogP contribution in [0.1, 0.15) is 37.4 Å². The van der Waals surface area contributed by atoms with E-state index in [1.807, 2.05) is 19.1 Å². The smallest absolute Gasteiger partial charge is 0.130 e. The first-order valence-electron chi connectivity index (χ1n) is 5.98. The molecule has 0 radical (unpaired) electrons. The third kappa shape index (κ3) is 3.13. The number of benzene rings is 1. The normalized spacial score (nSPS) is 12.6. The lowest BCUT2D eigenvalue weighted by Crippen LogP contribution is -2.14. The van der Waals surface area contributed by atoms with Crippen LogP contribution in [0, 0.1) is 12.8 Å². The number of nitrogens with two attached hydrogens (primary N) is 1. The van der Waals surface area contributed by atoms with Crippen LogP contribution in [-0.4, -0.2) is 14.2 Å². The highest BCUT2D eigenvalue weighted by Crippen LogP contribution is 2.35. The molecule has 0 spiro atoms. The Bertz CT molecular complexity index is 375. The zero-order valence-corrected chi connectivity index (χ0v) is 11.4. The minimum absolute atomic E-state index is 0.00885. The Labute approximate surface area is 104 Å². The molecule has 1 unspecified atom stereocenters. The molecule has 17 heavy (non-hydrogen) atoms. The molecular weight excluding hydrogens is 214 g/mol. The summed E-state index contributed by atoms with van der Waals surface area (Å²) in [4.78, 5) is 0. The number of hydrogen-bond donors (Lipinski definition) is 1. The molecule has 1 rings (SSSR count). The van der Waals surface area contributed by atoms with Crippen molar-refractivity contribution in [1.29, 1.82) is 0 Å². The monoisotopic (exact) mass is 237 g/mol. The molecule has 0 aliphatic rings. The van der Waals surface area contributed by atoms with Gasteiger partial charge in [0.25, 0.3) is 0 Å². The largest absolute Gasteiger partial charge is 0.496 e. The summed E-state index contributed by atoms with van der Waals surface area (Å²) in [7, 11) is 3.34. The van der Waals surface area contributed by atoms with Crippen LogP contribution in [0.5, 0.6) is 11.5 Å². The minimum atomic E-state index is 0.00885. The fourth-order valence-corrected chi connectivity index (χ4v) is 2.11. The van der Waals surface area contributed by atoms with Crippen LogP contribution >= 0.6 is 0 Å². The van der Waals surface area contributed by atoms with Crippen LogP contribution in [0.3, 0.4) is 0 Å². The van der Waals surface area contributed by atoms with Crippen LogP contribution < -0.4 is 15.2 Å². The first-order valence-corrected chi connectivity index (χ1v) is 5.98. The van der Waals surface area contributed by atoms with Crippen LogP contribution in [0.25, 0.3) is 0 Å². The van der Waals surface area contributed by atoms with Gasteiger partial charge in [0.15, 0.2) is 0 Å². The summed E-state index contributed by atoms with van der Waals surface area (Å²) < 4.78 is 10.7. The molecule has 3 heteroatoms. The fourth-order valence-electron chi connectivity index (χ4n) is 2.11. The Morgan fingerprint density at radius 2 is 1.82 bits per heavy atom. The summed E-state index contributed by atoms with van der Waals surface area (Å²) >= 11 is 0. The van der Waals surface area contributed by atoms with Gasteiger partial charge in [0.1, 0.15) is 11.5 Å². The SMILES string of the molecule is COc1ccc(C(N)CC(C)C)c(OC)c1C. The van der Waals surface area contributed by atoms with Crippen molar-refractivity contribution < 1.29 is 9.47 Å². The second kappa shape index (κ2) is 5.92. The van der Waals surface area contributed by atoms with E-state index in [0.717, 1.165) is 29.0 Å². The lowest BCUT2D eigenvalue weighted by atomic mass is 9.95. The molecular formula is C14H23NO2. The molecule has 0 aromatic heterocycles.